The molecule has 0 heterocycles. The summed E-state index contributed by atoms with van der Waals surface area (Å²) in [7, 11) is 0. The highest BCUT2D eigenvalue weighted by Gasteiger charge is 2.32. The van der Waals surface area contributed by atoms with Crippen molar-refractivity contribution in [2.24, 2.45) is 0 Å². The summed E-state index contributed by atoms with van der Waals surface area (Å²) in [6.07, 6.45) is 4.62. The molecule has 2 nitrogen and oxygen atoms in total. The molecule has 0 unspecified atom stereocenters. The molecule has 70 valence electrons. The normalized spacial score (nSPS) is 21.2. The van der Waals surface area contributed by atoms with Crippen LogP contribution in [0.5, 0.6) is 0 Å². The maximum atomic E-state index is 9.22. The zero-order valence-corrected chi connectivity index (χ0v) is 8.86. The predicted octanol–water partition coefficient (Wildman–Crippen LogP) is 1.79. The van der Waals surface area contributed by atoms with E-state index in [0.717, 1.165) is 23.9 Å². The highest BCUT2D eigenvalue weighted by Crippen LogP contribution is 2.29. The summed E-state index contributed by atoms with van der Waals surface area (Å²) in [4.78, 5) is 0. The Morgan fingerprint density at radius 2 is 2.08 bits per heavy atom. The van der Waals surface area contributed by atoms with E-state index >= 15 is 0 Å². The molecule has 12 heavy (non-hydrogen) atoms. The van der Waals surface area contributed by atoms with Crippen LogP contribution in [-0.2, 0) is 0 Å². The van der Waals surface area contributed by atoms with Crippen molar-refractivity contribution in [1.82, 2.24) is 5.32 Å². The van der Waals surface area contributed by atoms with Crippen LogP contribution in [0.2, 0.25) is 0 Å². The van der Waals surface area contributed by atoms with Gasteiger partial charge in [-0.15, -0.1) is 0 Å². The van der Waals surface area contributed by atoms with Gasteiger partial charge >= 0.3 is 0 Å². The first-order valence-corrected chi connectivity index (χ1v) is 5.17. The van der Waals surface area contributed by atoms with Crippen molar-refractivity contribution in [3.05, 3.63) is 11.1 Å². The van der Waals surface area contributed by atoms with E-state index in [1.165, 1.54) is 12.8 Å². The summed E-state index contributed by atoms with van der Waals surface area (Å²) in [6, 6.07) is 0. The van der Waals surface area contributed by atoms with Crippen LogP contribution in [0.3, 0.4) is 0 Å². The molecule has 0 saturated heterocycles. The molecule has 0 aromatic heterocycles. The van der Waals surface area contributed by atoms with E-state index in [1.807, 2.05) is 0 Å². The van der Waals surface area contributed by atoms with Crippen molar-refractivity contribution in [3.8, 4) is 0 Å². The minimum atomic E-state index is -0.0172. The van der Waals surface area contributed by atoms with Gasteiger partial charge in [-0.25, -0.2) is 0 Å². The number of aliphatic hydroxyl groups is 1. The molecule has 0 amide bonds. The topological polar surface area (TPSA) is 32.3 Å². The standard InChI is InChI=1S/C9H16BrNO/c1-8(10)6-11-9(7-12)4-2-3-5-9/h11-12H,1-7H2. The van der Waals surface area contributed by atoms with Gasteiger partial charge in [-0.1, -0.05) is 35.4 Å². The van der Waals surface area contributed by atoms with Crippen molar-refractivity contribution >= 4 is 15.9 Å². The van der Waals surface area contributed by atoms with Crippen LogP contribution < -0.4 is 5.32 Å². The Hall–Kier alpha value is 0.140. The SMILES string of the molecule is C=C(Br)CNC1(CO)CCCC1. The highest BCUT2D eigenvalue weighted by atomic mass is 79.9. The number of aliphatic hydroxyl groups excluding tert-OH is 1. The monoisotopic (exact) mass is 233 g/mol. The summed E-state index contributed by atoms with van der Waals surface area (Å²) < 4.78 is 0.947. The van der Waals surface area contributed by atoms with Crippen molar-refractivity contribution < 1.29 is 5.11 Å². The van der Waals surface area contributed by atoms with Crippen LogP contribution in [0, 0.1) is 0 Å². The van der Waals surface area contributed by atoms with Gasteiger partial charge in [0.1, 0.15) is 0 Å². The van der Waals surface area contributed by atoms with E-state index in [-0.39, 0.29) is 12.1 Å². The van der Waals surface area contributed by atoms with Crippen LogP contribution in [0.1, 0.15) is 25.7 Å². The van der Waals surface area contributed by atoms with Gasteiger partial charge in [0.2, 0.25) is 0 Å². The average molecular weight is 234 g/mol. The van der Waals surface area contributed by atoms with E-state index in [4.69, 9.17) is 0 Å². The van der Waals surface area contributed by atoms with Crippen LogP contribution in [0.25, 0.3) is 0 Å². The van der Waals surface area contributed by atoms with Gasteiger partial charge in [0.15, 0.2) is 0 Å². The van der Waals surface area contributed by atoms with Gasteiger partial charge in [-0.3, -0.25) is 0 Å². The second-order valence-corrected chi connectivity index (χ2v) is 4.64. The average Bonchev–Trinajstić information content (AvgIpc) is 2.50. The molecule has 2 N–H and O–H groups in total. The first kappa shape index (κ1) is 10.2. The maximum absolute atomic E-state index is 9.22. The Kier molecular flexibility index (Phi) is 3.75. The van der Waals surface area contributed by atoms with Gasteiger partial charge in [0.25, 0.3) is 0 Å². The summed E-state index contributed by atoms with van der Waals surface area (Å²) in [5.74, 6) is 0. The van der Waals surface area contributed by atoms with Crippen LogP contribution in [0.15, 0.2) is 11.1 Å². The van der Waals surface area contributed by atoms with E-state index in [9.17, 15) is 5.11 Å². The summed E-state index contributed by atoms with van der Waals surface area (Å²) in [5.41, 5.74) is -0.0172. The largest absolute Gasteiger partial charge is 0.394 e. The van der Waals surface area contributed by atoms with E-state index in [2.05, 4.69) is 27.8 Å². The van der Waals surface area contributed by atoms with Crippen molar-refractivity contribution in [2.75, 3.05) is 13.2 Å². The third-order valence-electron chi connectivity index (χ3n) is 2.52. The summed E-state index contributed by atoms with van der Waals surface area (Å²) >= 11 is 3.30. The summed E-state index contributed by atoms with van der Waals surface area (Å²) in [5, 5.41) is 12.6. The van der Waals surface area contributed by atoms with E-state index in [0.29, 0.717) is 0 Å². The van der Waals surface area contributed by atoms with Gasteiger partial charge in [-0.05, 0) is 12.8 Å². The summed E-state index contributed by atoms with van der Waals surface area (Å²) in [6.45, 7) is 4.75. The first-order chi connectivity index (χ1) is 5.68. The second-order valence-electron chi connectivity index (χ2n) is 3.52. The quantitative estimate of drug-likeness (QED) is 0.777. The van der Waals surface area contributed by atoms with Crippen molar-refractivity contribution in [3.63, 3.8) is 0 Å². The molecule has 0 bridgehead atoms. The third kappa shape index (κ3) is 2.57. The third-order valence-corrected chi connectivity index (χ3v) is 2.80. The minimum Gasteiger partial charge on any atom is -0.394 e. The maximum Gasteiger partial charge on any atom is 0.0613 e. The molecule has 1 aliphatic carbocycles. The zero-order valence-electron chi connectivity index (χ0n) is 7.27. The molecular formula is C9H16BrNO. The molecule has 0 aromatic rings. The molecule has 3 heteroatoms. The molecule has 0 atom stereocenters. The molecule has 1 rings (SSSR count). The van der Waals surface area contributed by atoms with Gasteiger partial charge in [0.05, 0.1) is 6.61 Å². The van der Waals surface area contributed by atoms with Crippen molar-refractivity contribution in [2.45, 2.75) is 31.2 Å². The van der Waals surface area contributed by atoms with Crippen LogP contribution >= 0.6 is 15.9 Å². The van der Waals surface area contributed by atoms with Gasteiger partial charge in [0, 0.05) is 16.6 Å². The van der Waals surface area contributed by atoms with Crippen LogP contribution in [0.4, 0.5) is 0 Å². The lowest BCUT2D eigenvalue weighted by Gasteiger charge is -2.27. The van der Waals surface area contributed by atoms with Gasteiger partial charge in [-0.2, -0.15) is 0 Å². The first-order valence-electron chi connectivity index (χ1n) is 4.38. The number of hydrogen-bond acceptors (Lipinski definition) is 2. The molecular weight excluding hydrogens is 218 g/mol. The molecule has 0 aromatic carbocycles. The van der Waals surface area contributed by atoms with Gasteiger partial charge < -0.3 is 10.4 Å². The molecule has 0 radical (unpaired) electrons. The zero-order chi connectivity index (χ0) is 9.03. The predicted molar refractivity (Wildman–Crippen MR) is 54.4 cm³/mol. The highest BCUT2D eigenvalue weighted by molar-refractivity contribution is 9.11. The second kappa shape index (κ2) is 4.40. The minimum absolute atomic E-state index is 0.0172. The fourth-order valence-corrected chi connectivity index (χ4v) is 1.87. The van der Waals surface area contributed by atoms with Crippen LogP contribution in [-0.4, -0.2) is 23.8 Å². The van der Waals surface area contributed by atoms with E-state index in [1.54, 1.807) is 0 Å². The number of rotatable bonds is 4. The fraction of sp³-hybridized carbons (Fsp3) is 0.778. The lowest BCUT2D eigenvalue weighted by molar-refractivity contribution is 0.168. The molecule has 1 saturated carbocycles. The lowest BCUT2D eigenvalue weighted by atomic mass is 9.99. The molecule has 0 aliphatic heterocycles. The Bertz CT molecular complexity index is 164. The van der Waals surface area contributed by atoms with E-state index < -0.39 is 0 Å². The number of halogens is 1. The van der Waals surface area contributed by atoms with Crippen molar-refractivity contribution in [1.29, 1.82) is 0 Å². The Morgan fingerprint density at radius 3 is 2.50 bits per heavy atom. The smallest absolute Gasteiger partial charge is 0.0613 e. The number of nitrogens with one attached hydrogen (secondary N) is 1. The Morgan fingerprint density at radius 1 is 1.50 bits per heavy atom. The molecule has 1 fully saturated rings. The lowest BCUT2D eigenvalue weighted by Crippen LogP contribution is -2.46. The molecule has 1 aliphatic rings. The Labute approximate surface area is 82.2 Å². The fourth-order valence-electron chi connectivity index (χ4n) is 1.73. The Balaban J connectivity index is 2.39. The molecule has 0 spiro atoms. The number of hydrogen-bond donors (Lipinski definition) is 2.